The van der Waals surface area contributed by atoms with E-state index in [2.05, 4.69) is 4.74 Å². The largest absolute Gasteiger partial charge is 0.550 e. The van der Waals surface area contributed by atoms with Crippen molar-refractivity contribution in [2.24, 2.45) is 5.92 Å². The molecule has 1 fully saturated rings. The van der Waals surface area contributed by atoms with E-state index in [1.54, 1.807) is 0 Å². The minimum absolute atomic E-state index is 0.0525. The lowest BCUT2D eigenvalue weighted by molar-refractivity contribution is -0.315. The van der Waals surface area contributed by atoms with E-state index in [1.165, 1.54) is 6.92 Å². The maximum atomic E-state index is 13.1. The maximum Gasteiger partial charge on any atom is 0.409 e. The summed E-state index contributed by atoms with van der Waals surface area (Å²) >= 11 is 0. The van der Waals surface area contributed by atoms with Gasteiger partial charge in [-0.15, -0.1) is 0 Å². The number of halogens is 2. The SMILES string of the molecule is CCOC(=O)N1CC(C(=O)[O-])CC(F)(F)C1. The zero-order valence-corrected chi connectivity index (χ0v) is 8.74. The Bertz CT molecular complexity index is 295. The van der Waals surface area contributed by atoms with E-state index in [0.717, 1.165) is 0 Å². The number of carboxylic acid groups (broad SMARTS) is 1. The Hall–Kier alpha value is -1.40. The van der Waals surface area contributed by atoms with Gasteiger partial charge >= 0.3 is 6.09 Å². The summed E-state index contributed by atoms with van der Waals surface area (Å²) in [5.41, 5.74) is 0. The minimum atomic E-state index is -3.21. The zero-order valence-electron chi connectivity index (χ0n) is 8.74. The average molecular weight is 236 g/mol. The molecule has 1 aliphatic rings. The molecule has 0 aliphatic carbocycles. The van der Waals surface area contributed by atoms with Crippen molar-refractivity contribution in [1.82, 2.24) is 4.90 Å². The first-order valence-electron chi connectivity index (χ1n) is 4.86. The van der Waals surface area contributed by atoms with Gasteiger partial charge in [0.25, 0.3) is 5.92 Å². The molecular weight excluding hydrogens is 224 g/mol. The molecule has 0 radical (unpaired) electrons. The van der Waals surface area contributed by atoms with Crippen LogP contribution in [0.1, 0.15) is 13.3 Å². The van der Waals surface area contributed by atoms with Gasteiger partial charge in [-0.25, -0.2) is 13.6 Å². The van der Waals surface area contributed by atoms with Crippen LogP contribution in [0.2, 0.25) is 0 Å². The lowest BCUT2D eigenvalue weighted by Gasteiger charge is -2.37. The molecule has 0 aromatic rings. The molecule has 0 N–H and O–H groups in total. The van der Waals surface area contributed by atoms with E-state index >= 15 is 0 Å². The summed E-state index contributed by atoms with van der Waals surface area (Å²) in [7, 11) is 0. The molecule has 1 atom stereocenters. The van der Waals surface area contributed by atoms with Crippen molar-refractivity contribution in [3.05, 3.63) is 0 Å². The van der Waals surface area contributed by atoms with Gasteiger partial charge in [-0.1, -0.05) is 0 Å². The van der Waals surface area contributed by atoms with Crippen molar-refractivity contribution in [2.45, 2.75) is 19.3 Å². The Morgan fingerprint density at radius 2 is 2.19 bits per heavy atom. The highest BCUT2D eigenvalue weighted by atomic mass is 19.3. The number of carboxylic acids is 1. The molecule has 0 spiro atoms. The van der Waals surface area contributed by atoms with Crippen LogP contribution in [0.4, 0.5) is 13.6 Å². The summed E-state index contributed by atoms with van der Waals surface area (Å²) in [6.07, 6.45) is -1.72. The third-order valence-corrected chi connectivity index (χ3v) is 2.27. The molecule has 1 aliphatic heterocycles. The summed E-state index contributed by atoms with van der Waals surface area (Å²) in [4.78, 5) is 22.5. The van der Waals surface area contributed by atoms with Crippen molar-refractivity contribution < 1.29 is 28.2 Å². The number of piperidine rings is 1. The monoisotopic (exact) mass is 236 g/mol. The Labute approximate surface area is 91.0 Å². The van der Waals surface area contributed by atoms with Crippen LogP contribution in [0.25, 0.3) is 0 Å². The van der Waals surface area contributed by atoms with E-state index < -0.39 is 36.9 Å². The maximum absolute atomic E-state index is 13.1. The highest BCUT2D eigenvalue weighted by molar-refractivity contribution is 5.72. The smallest absolute Gasteiger partial charge is 0.409 e. The molecule has 1 saturated heterocycles. The molecular formula is C9H12F2NO4-. The van der Waals surface area contributed by atoms with E-state index in [0.29, 0.717) is 4.90 Å². The molecule has 7 heteroatoms. The van der Waals surface area contributed by atoms with Gasteiger partial charge in [-0.2, -0.15) is 0 Å². The highest BCUT2D eigenvalue weighted by Crippen LogP contribution is 2.30. The summed E-state index contributed by atoms with van der Waals surface area (Å²) < 4.78 is 30.8. The standard InChI is InChI=1S/C9H13F2NO4/c1-2-16-8(15)12-4-6(7(13)14)3-9(10,11)5-12/h6H,2-5H2,1H3,(H,13,14)/p-1. The first-order chi connectivity index (χ1) is 7.35. The number of aliphatic carboxylic acids is 1. The van der Waals surface area contributed by atoms with Crippen LogP contribution in [0.3, 0.4) is 0 Å². The quantitative estimate of drug-likeness (QED) is 0.668. The van der Waals surface area contributed by atoms with Crippen LogP contribution in [0, 0.1) is 5.92 Å². The molecule has 0 bridgehead atoms. The van der Waals surface area contributed by atoms with Crippen LogP contribution < -0.4 is 5.11 Å². The second-order valence-electron chi connectivity index (χ2n) is 3.66. The number of nitrogens with zero attached hydrogens (tertiary/aromatic N) is 1. The van der Waals surface area contributed by atoms with Crippen molar-refractivity contribution >= 4 is 12.1 Å². The first-order valence-corrected chi connectivity index (χ1v) is 4.86. The number of hydrogen-bond acceptors (Lipinski definition) is 4. The van der Waals surface area contributed by atoms with Crippen LogP contribution >= 0.6 is 0 Å². The van der Waals surface area contributed by atoms with Gasteiger partial charge in [-0.05, 0) is 6.92 Å². The van der Waals surface area contributed by atoms with E-state index in [1.807, 2.05) is 0 Å². The number of rotatable bonds is 2. The van der Waals surface area contributed by atoms with E-state index in [9.17, 15) is 23.5 Å². The van der Waals surface area contributed by atoms with Gasteiger partial charge in [0, 0.05) is 24.9 Å². The van der Waals surface area contributed by atoms with E-state index in [4.69, 9.17) is 0 Å². The molecule has 0 aromatic carbocycles. The Kier molecular flexibility index (Phi) is 3.66. The van der Waals surface area contributed by atoms with Gasteiger partial charge in [-0.3, -0.25) is 0 Å². The predicted octanol–water partition coefficient (Wildman–Crippen LogP) is -0.150. The second kappa shape index (κ2) is 4.63. The average Bonchev–Trinajstić information content (AvgIpc) is 2.15. The number of ether oxygens (including phenoxy) is 1. The number of alkyl halides is 2. The Morgan fingerprint density at radius 3 is 2.69 bits per heavy atom. The van der Waals surface area contributed by atoms with Crippen molar-refractivity contribution in [1.29, 1.82) is 0 Å². The fourth-order valence-electron chi connectivity index (χ4n) is 1.61. The van der Waals surface area contributed by atoms with Crippen LogP contribution in [0.15, 0.2) is 0 Å². The van der Waals surface area contributed by atoms with Gasteiger partial charge in [0.15, 0.2) is 0 Å². The lowest BCUT2D eigenvalue weighted by Crippen LogP contribution is -2.53. The summed E-state index contributed by atoms with van der Waals surface area (Å²) in [5.74, 6) is -6.14. The number of amides is 1. The predicted molar refractivity (Wildman–Crippen MR) is 46.7 cm³/mol. The summed E-state index contributed by atoms with van der Waals surface area (Å²) in [5, 5.41) is 10.5. The molecule has 1 unspecified atom stereocenters. The van der Waals surface area contributed by atoms with Gasteiger partial charge < -0.3 is 19.5 Å². The summed E-state index contributed by atoms with van der Waals surface area (Å²) in [6, 6.07) is 0. The summed E-state index contributed by atoms with van der Waals surface area (Å²) in [6.45, 7) is 0.486. The van der Waals surface area contributed by atoms with Gasteiger partial charge in [0.05, 0.1) is 13.2 Å². The molecule has 1 heterocycles. The molecule has 5 nitrogen and oxygen atoms in total. The fraction of sp³-hybridized carbons (Fsp3) is 0.778. The normalized spacial score (nSPS) is 23.9. The molecule has 1 amide bonds. The molecule has 1 rings (SSSR count). The van der Waals surface area contributed by atoms with Crippen LogP contribution in [-0.2, 0) is 9.53 Å². The third kappa shape index (κ3) is 3.04. The number of likely N-dealkylation sites (tertiary alicyclic amines) is 1. The third-order valence-electron chi connectivity index (χ3n) is 2.27. The van der Waals surface area contributed by atoms with Crippen molar-refractivity contribution in [3.8, 4) is 0 Å². The van der Waals surface area contributed by atoms with Gasteiger partial charge in [0.2, 0.25) is 0 Å². The number of hydrogen-bond donors (Lipinski definition) is 0. The first kappa shape index (κ1) is 12.7. The lowest BCUT2D eigenvalue weighted by atomic mass is 9.96. The van der Waals surface area contributed by atoms with Crippen molar-refractivity contribution in [2.75, 3.05) is 19.7 Å². The fourth-order valence-corrected chi connectivity index (χ4v) is 1.61. The highest BCUT2D eigenvalue weighted by Gasteiger charge is 2.42. The van der Waals surface area contributed by atoms with Crippen LogP contribution in [-0.4, -0.2) is 42.6 Å². The van der Waals surface area contributed by atoms with E-state index in [-0.39, 0.29) is 13.2 Å². The number of carbonyl (C=O) groups excluding carboxylic acids is 2. The number of carbonyl (C=O) groups is 2. The minimum Gasteiger partial charge on any atom is -0.550 e. The molecule has 92 valence electrons. The molecule has 0 aromatic heterocycles. The Morgan fingerprint density at radius 1 is 1.56 bits per heavy atom. The van der Waals surface area contributed by atoms with Gasteiger partial charge in [0.1, 0.15) is 0 Å². The van der Waals surface area contributed by atoms with Crippen molar-refractivity contribution in [3.63, 3.8) is 0 Å². The van der Waals surface area contributed by atoms with Crippen LogP contribution in [0.5, 0.6) is 0 Å². The molecule has 0 saturated carbocycles. The molecule has 16 heavy (non-hydrogen) atoms. The topological polar surface area (TPSA) is 69.7 Å². The Balaban J connectivity index is 2.72. The second-order valence-corrected chi connectivity index (χ2v) is 3.66. The zero-order chi connectivity index (χ0) is 12.3.